The van der Waals surface area contributed by atoms with Crippen LogP contribution in [0.1, 0.15) is 19.4 Å². The molecule has 0 aliphatic carbocycles. The van der Waals surface area contributed by atoms with E-state index < -0.39 is 0 Å². The molecule has 0 saturated heterocycles. The van der Waals surface area contributed by atoms with E-state index in [4.69, 9.17) is 0 Å². The maximum absolute atomic E-state index is 3.28. The highest BCUT2D eigenvalue weighted by Crippen LogP contribution is 2.14. The standard InChI is InChI=1S/C10H17NS/c1-8(9(2)11-3)6-10-4-5-12-7-10/h4-5,7-9,11H,6H2,1-3H3. The molecule has 0 bridgehead atoms. The van der Waals surface area contributed by atoms with Crippen LogP contribution in [0.2, 0.25) is 0 Å². The van der Waals surface area contributed by atoms with Crippen LogP contribution in [-0.2, 0) is 6.42 Å². The number of thiophene rings is 1. The highest BCUT2D eigenvalue weighted by molar-refractivity contribution is 7.07. The number of rotatable bonds is 4. The molecule has 0 aliphatic heterocycles. The van der Waals surface area contributed by atoms with Crippen LogP contribution >= 0.6 is 11.3 Å². The Kier molecular flexibility index (Phi) is 3.76. The van der Waals surface area contributed by atoms with Gasteiger partial charge in [0.2, 0.25) is 0 Å². The molecule has 0 fully saturated rings. The van der Waals surface area contributed by atoms with Crippen LogP contribution in [0.25, 0.3) is 0 Å². The van der Waals surface area contributed by atoms with E-state index in [0.717, 1.165) is 0 Å². The Bertz CT molecular complexity index is 206. The summed E-state index contributed by atoms with van der Waals surface area (Å²) in [5, 5.41) is 7.66. The van der Waals surface area contributed by atoms with Crippen molar-refractivity contribution < 1.29 is 0 Å². The van der Waals surface area contributed by atoms with Gasteiger partial charge >= 0.3 is 0 Å². The Morgan fingerprint density at radius 2 is 2.25 bits per heavy atom. The van der Waals surface area contributed by atoms with Gasteiger partial charge in [0.15, 0.2) is 0 Å². The van der Waals surface area contributed by atoms with Crippen molar-refractivity contribution in [2.75, 3.05) is 7.05 Å². The van der Waals surface area contributed by atoms with Crippen LogP contribution in [0.3, 0.4) is 0 Å². The van der Waals surface area contributed by atoms with Crippen LogP contribution in [-0.4, -0.2) is 13.1 Å². The molecule has 1 aromatic heterocycles. The van der Waals surface area contributed by atoms with Crippen LogP contribution < -0.4 is 5.32 Å². The number of hydrogen-bond donors (Lipinski definition) is 1. The van der Waals surface area contributed by atoms with E-state index >= 15 is 0 Å². The summed E-state index contributed by atoms with van der Waals surface area (Å²) in [5.74, 6) is 0.713. The lowest BCUT2D eigenvalue weighted by Gasteiger charge is -2.18. The Morgan fingerprint density at radius 3 is 2.75 bits per heavy atom. The van der Waals surface area contributed by atoms with E-state index in [0.29, 0.717) is 12.0 Å². The normalized spacial score (nSPS) is 15.9. The third-order valence-corrected chi connectivity index (χ3v) is 3.18. The molecule has 1 nitrogen and oxygen atoms in total. The lowest BCUT2D eigenvalue weighted by molar-refractivity contribution is 0.424. The van der Waals surface area contributed by atoms with E-state index in [-0.39, 0.29) is 0 Å². The minimum atomic E-state index is 0.602. The van der Waals surface area contributed by atoms with Gasteiger partial charge in [-0.3, -0.25) is 0 Å². The van der Waals surface area contributed by atoms with Crippen molar-refractivity contribution >= 4 is 11.3 Å². The van der Waals surface area contributed by atoms with Gasteiger partial charge in [0.05, 0.1) is 0 Å². The largest absolute Gasteiger partial charge is 0.317 e. The van der Waals surface area contributed by atoms with Gasteiger partial charge in [0.25, 0.3) is 0 Å². The van der Waals surface area contributed by atoms with Gasteiger partial charge in [0, 0.05) is 6.04 Å². The topological polar surface area (TPSA) is 12.0 Å². The van der Waals surface area contributed by atoms with Crippen LogP contribution in [0, 0.1) is 5.92 Å². The van der Waals surface area contributed by atoms with Crippen molar-refractivity contribution in [1.82, 2.24) is 5.32 Å². The fourth-order valence-electron chi connectivity index (χ4n) is 1.24. The Hall–Kier alpha value is -0.340. The molecular weight excluding hydrogens is 166 g/mol. The predicted octanol–water partition coefficient (Wildman–Crippen LogP) is 2.53. The summed E-state index contributed by atoms with van der Waals surface area (Å²) in [4.78, 5) is 0. The van der Waals surface area contributed by atoms with Gasteiger partial charge in [-0.2, -0.15) is 11.3 Å². The van der Waals surface area contributed by atoms with Crippen molar-refractivity contribution in [3.8, 4) is 0 Å². The number of hydrogen-bond acceptors (Lipinski definition) is 2. The summed E-state index contributed by atoms with van der Waals surface area (Å²) >= 11 is 1.78. The van der Waals surface area contributed by atoms with Gasteiger partial charge < -0.3 is 5.32 Å². The smallest absolute Gasteiger partial charge is 0.00645 e. The molecule has 2 heteroatoms. The molecule has 0 amide bonds. The average Bonchev–Trinajstić information content (AvgIpc) is 2.55. The zero-order valence-electron chi connectivity index (χ0n) is 8.00. The van der Waals surface area contributed by atoms with Gasteiger partial charge in [0.1, 0.15) is 0 Å². The molecule has 12 heavy (non-hydrogen) atoms. The second-order valence-electron chi connectivity index (χ2n) is 3.39. The van der Waals surface area contributed by atoms with E-state index in [1.54, 1.807) is 11.3 Å². The minimum Gasteiger partial charge on any atom is -0.317 e. The third kappa shape index (κ3) is 2.61. The first-order valence-corrected chi connectivity index (χ1v) is 5.36. The van der Waals surface area contributed by atoms with Crippen LogP contribution in [0.4, 0.5) is 0 Å². The molecule has 0 radical (unpaired) electrons. The van der Waals surface area contributed by atoms with Gasteiger partial charge in [-0.25, -0.2) is 0 Å². The second-order valence-corrected chi connectivity index (χ2v) is 4.17. The maximum atomic E-state index is 3.28. The molecule has 0 aromatic carbocycles. The Morgan fingerprint density at radius 1 is 1.50 bits per heavy atom. The highest BCUT2D eigenvalue weighted by atomic mass is 32.1. The first-order valence-electron chi connectivity index (χ1n) is 4.42. The lowest BCUT2D eigenvalue weighted by atomic mass is 9.97. The quantitative estimate of drug-likeness (QED) is 0.756. The molecule has 0 aliphatic rings. The van der Waals surface area contributed by atoms with Crippen molar-refractivity contribution in [2.24, 2.45) is 5.92 Å². The molecule has 0 saturated carbocycles. The molecule has 1 rings (SSSR count). The van der Waals surface area contributed by atoms with Crippen molar-refractivity contribution in [3.63, 3.8) is 0 Å². The molecule has 2 atom stereocenters. The minimum absolute atomic E-state index is 0.602. The second kappa shape index (κ2) is 4.63. The van der Waals surface area contributed by atoms with Gasteiger partial charge in [-0.05, 0) is 48.7 Å². The molecule has 1 heterocycles. The van der Waals surface area contributed by atoms with Crippen molar-refractivity contribution in [2.45, 2.75) is 26.3 Å². The van der Waals surface area contributed by atoms with Crippen LogP contribution in [0.15, 0.2) is 16.8 Å². The zero-order chi connectivity index (χ0) is 8.97. The summed E-state index contributed by atoms with van der Waals surface area (Å²) < 4.78 is 0. The first kappa shape index (κ1) is 9.75. The number of nitrogens with one attached hydrogen (secondary N) is 1. The molecule has 2 unspecified atom stereocenters. The van der Waals surface area contributed by atoms with E-state index in [1.165, 1.54) is 12.0 Å². The molecule has 1 aromatic rings. The predicted molar refractivity (Wildman–Crippen MR) is 55.7 cm³/mol. The van der Waals surface area contributed by atoms with E-state index in [2.05, 4.69) is 36.0 Å². The van der Waals surface area contributed by atoms with E-state index in [9.17, 15) is 0 Å². The summed E-state index contributed by atoms with van der Waals surface area (Å²) in [7, 11) is 2.02. The third-order valence-electron chi connectivity index (χ3n) is 2.45. The summed E-state index contributed by atoms with van der Waals surface area (Å²) in [5.41, 5.74) is 1.47. The first-order chi connectivity index (χ1) is 5.74. The lowest BCUT2D eigenvalue weighted by Crippen LogP contribution is -2.29. The Balaban J connectivity index is 2.41. The molecular formula is C10H17NS. The Labute approximate surface area is 78.8 Å². The zero-order valence-corrected chi connectivity index (χ0v) is 8.82. The van der Waals surface area contributed by atoms with Crippen molar-refractivity contribution in [1.29, 1.82) is 0 Å². The molecule has 0 spiro atoms. The fraction of sp³-hybridized carbons (Fsp3) is 0.600. The van der Waals surface area contributed by atoms with Gasteiger partial charge in [-0.15, -0.1) is 0 Å². The van der Waals surface area contributed by atoms with Gasteiger partial charge in [-0.1, -0.05) is 6.92 Å². The highest BCUT2D eigenvalue weighted by Gasteiger charge is 2.10. The summed E-state index contributed by atoms with van der Waals surface area (Å²) in [6.07, 6.45) is 1.19. The summed E-state index contributed by atoms with van der Waals surface area (Å²) in [6, 6.07) is 2.81. The SMILES string of the molecule is CNC(C)C(C)Cc1ccsc1. The van der Waals surface area contributed by atoms with Crippen molar-refractivity contribution in [3.05, 3.63) is 22.4 Å². The average molecular weight is 183 g/mol. The maximum Gasteiger partial charge on any atom is 0.00645 e. The fourth-order valence-corrected chi connectivity index (χ4v) is 1.92. The van der Waals surface area contributed by atoms with E-state index in [1.807, 2.05) is 7.05 Å². The molecule has 1 N–H and O–H groups in total. The van der Waals surface area contributed by atoms with Crippen LogP contribution in [0.5, 0.6) is 0 Å². The summed E-state index contributed by atoms with van der Waals surface area (Å²) in [6.45, 7) is 4.52. The molecule has 68 valence electrons. The monoisotopic (exact) mass is 183 g/mol.